The number of fused-ring (bicyclic) bond motifs is 1. The third-order valence-electron chi connectivity index (χ3n) is 4.16. The Bertz CT molecular complexity index is 960. The van der Waals surface area contributed by atoms with E-state index in [0.29, 0.717) is 5.39 Å². The van der Waals surface area contributed by atoms with Crippen LogP contribution in [0.15, 0.2) is 33.5 Å². The molecule has 3 rings (SSSR count). The van der Waals surface area contributed by atoms with E-state index in [0.717, 1.165) is 24.5 Å². The normalized spacial score (nSPS) is 13.3. The number of aryl methyl sites for hydroxylation is 1. The minimum Gasteiger partial charge on any atom is -0.450 e. The highest BCUT2D eigenvalue weighted by Crippen LogP contribution is 2.18. The van der Waals surface area contributed by atoms with Crippen molar-refractivity contribution in [2.24, 2.45) is 0 Å². The van der Waals surface area contributed by atoms with Crippen LogP contribution in [0.2, 0.25) is 0 Å². The first-order valence-electron chi connectivity index (χ1n) is 8.58. The van der Waals surface area contributed by atoms with Gasteiger partial charge in [-0.1, -0.05) is 11.6 Å². The first-order chi connectivity index (χ1) is 12.8. The van der Waals surface area contributed by atoms with Crippen molar-refractivity contribution < 1.29 is 23.5 Å². The van der Waals surface area contributed by atoms with E-state index in [1.165, 1.54) is 11.9 Å². The van der Waals surface area contributed by atoms with Crippen LogP contribution in [0.4, 0.5) is 0 Å². The maximum absolute atomic E-state index is 12.1. The molecule has 1 fully saturated rings. The Kier molecular flexibility index (Phi) is 5.25. The van der Waals surface area contributed by atoms with Gasteiger partial charge in [-0.15, -0.1) is 0 Å². The van der Waals surface area contributed by atoms with Crippen molar-refractivity contribution in [1.82, 2.24) is 10.2 Å². The molecular weight excluding hydrogens is 352 g/mol. The van der Waals surface area contributed by atoms with Crippen molar-refractivity contribution >= 4 is 28.8 Å². The summed E-state index contributed by atoms with van der Waals surface area (Å²) in [6.45, 7) is 1.17. The van der Waals surface area contributed by atoms with Crippen LogP contribution < -0.4 is 10.7 Å². The molecule has 0 aliphatic heterocycles. The molecule has 0 unspecified atom stereocenters. The van der Waals surface area contributed by atoms with Crippen LogP contribution in [0, 0.1) is 6.92 Å². The predicted molar refractivity (Wildman–Crippen MR) is 96.3 cm³/mol. The Morgan fingerprint density at radius 3 is 2.70 bits per heavy atom. The highest BCUT2D eigenvalue weighted by molar-refractivity contribution is 5.91. The Balaban J connectivity index is 1.59. The lowest BCUT2D eigenvalue weighted by Gasteiger charge is -2.16. The number of hydrogen-bond acceptors (Lipinski definition) is 6. The quantitative estimate of drug-likeness (QED) is 0.758. The monoisotopic (exact) mass is 372 g/mol. The van der Waals surface area contributed by atoms with Crippen molar-refractivity contribution in [3.05, 3.63) is 45.8 Å². The molecule has 1 aromatic heterocycles. The predicted octanol–water partition coefficient (Wildman–Crippen LogP) is 0.995. The van der Waals surface area contributed by atoms with E-state index in [-0.39, 0.29) is 35.3 Å². The second kappa shape index (κ2) is 7.61. The summed E-state index contributed by atoms with van der Waals surface area (Å²) in [4.78, 5) is 49.1. The zero-order valence-corrected chi connectivity index (χ0v) is 15.1. The number of benzene rings is 1. The van der Waals surface area contributed by atoms with Gasteiger partial charge in [-0.05, 0) is 31.9 Å². The van der Waals surface area contributed by atoms with Crippen LogP contribution in [0.3, 0.4) is 0 Å². The summed E-state index contributed by atoms with van der Waals surface area (Å²) in [5.74, 6) is -1.99. The van der Waals surface area contributed by atoms with Crippen LogP contribution in [0.1, 0.15) is 29.0 Å². The Morgan fingerprint density at radius 2 is 2.00 bits per heavy atom. The Morgan fingerprint density at radius 1 is 1.26 bits per heavy atom. The van der Waals surface area contributed by atoms with Crippen molar-refractivity contribution in [3.8, 4) is 0 Å². The largest absolute Gasteiger partial charge is 0.450 e. The zero-order valence-electron chi connectivity index (χ0n) is 15.1. The van der Waals surface area contributed by atoms with Gasteiger partial charge < -0.3 is 19.4 Å². The number of nitrogens with zero attached hydrogens (tertiary/aromatic N) is 1. The number of hydrogen-bond donors (Lipinski definition) is 1. The van der Waals surface area contributed by atoms with Gasteiger partial charge >= 0.3 is 5.97 Å². The standard InChI is InChI=1S/C19H20N2O6/c1-11-3-6-15-13(7-11)14(22)8-16(27-15)19(25)26-10-18(24)21(2)9-17(23)20-12-4-5-12/h3,6-8,12H,4-5,9-10H2,1-2H3,(H,20,23). The van der Waals surface area contributed by atoms with Crippen molar-refractivity contribution in [3.63, 3.8) is 0 Å². The number of likely N-dealkylation sites (N-methyl/N-ethyl adjacent to an activating group) is 1. The first kappa shape index (κ1) is 18.6. The topological polar surface area (TPSA) is 106 Å². The lowest BCUT2D eigenvalue weighted by atomic mass is 10.1. The van der Waals surface area contributed by atoms with E-state index in [1.807, 2.05) is 6.92 Å². The number of carbonyl (C=O) groups is 3. The van der Waals surface area contributed by atoms with Gasteiger partial charge in [0.05, 0.1) is 11.9 Å². The third-order valence-corrected chi connectivity index (χ3v) is 4.16. The molecule has 1 heterocycles. The molecule has 2 aromatic rings. The van der Waals surface area contributed by atoms with E-state index in [9.17, 15) is 19.2 Å². The second-order valence-electron chi connectivity index (χ2n) is 6.64. The second-order valence-corrected chi connectivity index (χ2v) is 6.64. The molecule has 1 aliphatic rings. The molecule has 1 saturated carbocycles. The van der Waals surface area contributed by atoms with Crippen LogP contribution in [-0.2, 0) is 14.3 Å². The van der Waals surface area contributed by atoms with E-state index >= 15 is 0 Å². The summed E-state index contributed by atoms with van der Waals surface area (Å²) in [7, 11) is 1.45. The lowest BCUT2D eigenvalue weighted by Crippen LogP contribution is -2.40. The molecule has 0 spiro atoms. The average molecular weight is 372 g/mol. The van der Waals surface area contributed by atoms with E-state index < -0.39 is 18.5 Å². The van der Waals surface area contributed by atoms with Crippen LogP contribution in [0.25, 0.3) is 11.0 Å². The van der Waals surface area contributed by atoms with Crippen LogP contribution in [0.5, 0.6) is 0 Å². The van der Waals surface area contributed by atoms with Gasteiger partial charge in [0.2, 0.25) is 11.7 Å². The fraction of sp³-hybridized carbons (Fsp3) is 0.368. The molecule has 8 heteroatoms. The van der Waals surface area contributed by atoms with Gasteiger partial charge in [0.15, 0.2) is 12.0 Å². The number of rotatable bonds is 6. The van der Waals surface area contributed by atoms with Gasteiger partial charge in [-0.25, -0.2) is 4.79 Å². The number of nitrogens with one attached hydrogen (secondary N) is 1. The van der Waals surface area contributed by atoms with Gasteiger partial charge in [0.25, 0.3) is 5.91 Å². The molecule has 0 bridgehead atoms. The molecule has 1 aliphatic carbocycles. The highest BCUT2D eigenvalue weighted by Gasteiger charge is 2.24. The number of ether oxygens (including phenoxy) is 1. The minimum absolute atomic E-state index is 0.114. The molecule has 0 radical (unpaired) electrons. The van der Waals surface area contributed by atoms with Gasteiger partial charge in [0.1, 0.15) is 5.58 Å². The summed E-state index contributed by atoms with van der Waals surface area (Å²) in [5, 5.41) is 3.13. The molecule has 2 amide bonds. The zero-order chi connectivity index (χ0) is 19.6. The summed E-state index contributed by atoms with van der Waals surface area (Å²) in [6, 6.07) is 6.27. The van der Waals surface area contributed by atoms with Crippen molar-refractivity contribution in [2.45, 2.75) is 25.8 Å². The van der Waals surface area contributed by atoms with E-state index in [4.69, 9.17) is 9.15 Å². The maximum atomic E-state index is 12.1. The fourth-order valence-corrected chi connectivity index (χ4v) is 2.48. The summed E-state index contributed by atoms with van der Waals surface area (Å²) < 4.78 is 10.3. The highest BCUT2D eigenvalue weighted by atomic mass is 16.5. The first-order valence-corrected chi connectivity index (χ1v) is 8.58. The molecule has 0 saturated heterocycles. The number of carbonyl (C=O) groups excluding carboxylic acids is 3. The average Bonchev–Trinajstić information content (AvgIpc) is 3.43. The van der Waals surface area contributed by atoms with E-state index in [2.05, 4.69) is 5.32 Å². The minimum atomic E-state index is -0.918. The number of amides is 2. The SMILES string of the molecule is Cc1ccc2oc(C(=O)OCC(=O)N(C)CC(=O)NC3CC3)cc(=O)c2c1. The van der Waals surface area contributed by atoms with Crippen LogP contribution in [-0.4, -0.2) is 48.9 Å². The van der Waals surface area contributed by atoms with Crippen molar-refractivity contribution in [2.75, 3.05) is 20.2 Å². The van der Waals surface area contributed by atoms with Crippen molar-refractivity contribution in [1.29, 1.82) is 0 Å². The number of esters is 1. The van der Waals surface area contributed by atoms with Gasteiger partial charge in [0, 0.05) is 19.2 Å². The third kappa shape index (κ3) is 4.72. The van der Waals surface area contributed by atoms with E-state index in [1.54, 1.807) is 18.2 Å². The molecule has 8 nitrogen and oxygen atoms in total. The molecule has 0 atom stereocenters. The summed E-state index contributed by atoms with van der Waals surface area (Å²) >= 11 is 0. The van der Waals surface area contributed by atoms with Gasteiger partial charge in [-0.2, -0.15) is 0 Å². The smallest absolute Gasteiger partial charge is 0.374 e. The summed E-state index contributed by atoms with van der Waals surface area (Å²) in [6.07, 6.45) is 1.91. The van der Waals surface area contributed by atoms with Gasteiger partial charge in [-0.3, -0.25) is 14.4 Å². The molecule has 1 N–H and O–H groups in total. The van der Waals surface area contributed by atoms with Crippen LogP contribution >= 0.6 is 0 Å². The summed E-state index contributed by atoms with van der Waals surface area (Å²) in [5.41, 5.74) is 0.789. The lowest BCUT2D eigenvalue weighted by molar-refractivity contribution is -0.137. The Labute approximate surface area is 155 Å². The fourth-order valence-electron chi connectivity index (χ4n) is 2.48. The molecule has 1 aromatic carbocycles. The maximum Gasteiger partial charge on any atom is 0.374 e. The molecular formula is C19H20N2O6. The molecule has 142 valence electrons. The Hall–Kier alpha value is -3.16. The molecule has 27 heavy (non-hydrogen) atoms.